The van der Waals surface area contributed by atoms with Gasteiger partial charge in [0.25, 0.3) is 0 Å². The molecule has 0 aliphatic carbocycles. The van der Waals surface area contributed by atoms with Crippen LogP contribution in [0.3, 0.4) is 0 Å². The van der Waals surface area contributed by atoms with E-state index in [2.05, 4.69) is 19.2 Å². The minimum absolute atomic E-state index is 0.132. The molecule has 2 unspecified atom stereocenters. The van der Waals surface area contributed by atoms with Crippen LogP contribution in [0.15, 0.2) is 0 Å². The van der Waals surface area contributed by atoms with Crippen molar-refractivity contribution in [1.82, 2.24) is 5.32 Å². The molecule has 1 heterocycles. The maximum absolute atomic E-state index is 13.0. The monoisotopic (exact) mass is 814 g/mol. The van der Waals surface area contributed by atoms with Gasteiger partial charge < -0.3 is 40.3 Å². The highest BCUT2D eigenvalue weighted by Gasteiger charge is 2.44. The molecular formula is C48H95NO8. The van der Waals surface area contributed by atoms with Crippen LogP contribution in [0.1, 0.15) is 245 Å². The predicted octanol–water partition coefficient (Wildman–Crippen LogP) is 10.7. The Morgan fingerprint density at radius 3 is 1.25 bits per heavy atom. The fourth-order valence-corrected chi connectivity index (χ4v) is 8.22. The summed E-state index contributed by atoms with van der Waals surface area (Å²) in [7, 11) is 0. The summed E-state index contributed by atoms with van der Waals surface area (Å²) in [6, 6.07) is -0.710. The summed E-state index contributed by atoms with van der Waals surface area (Å²) in [5.74, 6) is -0.140. The molecule has 6 N–H and O–H groups in total. The molecule has 1 aliphatic heterocycles. The Morgan fingerprint density at radius 1 is 0.526 bits per heavy atom. The van der Waals surface area contributed by atoms with Gasteiger partial charge in [0.05, 0.1) is 25.4 Å². The molecular weight excluding hydrogens is 719 g/mol. The van der Waals surface area contributed by atoms with Gasteiger partial charge in [-0.25, -0.2) is 0 Å². The van der Waals surface area contributed by atoms with Gasteiger partial charge in [-0.05, 0) is 12.8 Å². The van der Waals surface area contributed by atoms with E-state index in [-0.39, 0.29) is 12.5 Å². The molecule has 0 aromatic carbocycles. The summed E-state index contributed by atoms with van der Waals surface area (Å²) < 4.78 is 11.2. The number of hydrogen-bond acceptors (Lipinski definition) is 8. The number of nitrogens with one attached hydrogen (secondary N) is 1. The number of rotatable bonds is 42. The number of aliphatic hydroxyl groups excluding tert-OH is 5. The van der Waals surface area contributed by atoms with Crippen molar-refractivity contribution < 1.29 is 39.8 Å². The normalized spacial score (nSPS) is 20.9. The number of amides is 1. The number of aliphatic hydroxyl groups is 5. The molecule has 0 saturated carbocycles. The summed E-state index contributed by atoms with van der Waals surface area (Å²) in [5, 5.41) is 54.3. The van der Waals surface area contributed by atoms with Crippen molar-refractivity contribution in [2.24, 2.45) is 0 Å². The van der Waals surface area contributed by atoms with E-state index < -0.39 is 49.5 Å². The molecule has 0 radical (unpaired) electrons. The van der Waals surface area contributed by atoms with Crippen molar-refractivity contribution in [3.8, 4) is 0 Å². The fourth-order valence-electron chi connectivity index (χ4n) is 8.22. The molecule has 1 saturated heterocycles. The van der Waals surface area contributed by atoms with Crippen LogP contribution >= 0.6 is 0 Å². The number of carbonyl (C=O) groups is 1. The molecule has 9 heteroatoms. The third kappa shape index (κ3) is 30.0. The molecule has 1 fully saturated rings. The van der Waals surface area contributed by atoms with Crippen molar-refractivity contribution >= 4 is 5.91 Å². The van der Waals surface area contributed by atoms with Gasteiger partial charge in [0.1, 0.15) is 24.4 Å². The van der Waals surface area contributed by atoms with E-state index in [4.69, 9.17) is 9.47 Å². The van der Waals surface area contributed by atoms with Crippen LogP contribution in [-0.4, -0.2) is 87.5 Å². The lowest BCUT2D eigenvalue weighted by molar-refractivity contribution is -0.302. The van der Waals surface area contributed by atoms with E-state index >= 15 is 0 Å². The molecule has 340 valence electrons. The molecule has 1 aliphatic rings. The second-order valence-corrected chi connectivity index (χ2v) is 17.6. The minimum Gasteiger partial charge on any atom is -0.394 e. The van der Waals surface area contributed by atoms with E-state index in [1.54, 1.807) is 0 Å². The highest BCUT2D eigenvalue weighted by Crippen LogP contribution is 2.23. The quantitative estimate of drug-likeness (QED) is 0.0334. The van der Waals surface area contributed by atoms with Gasteiger partial charge >= 0.3 is 0 Å². The van der Waals surface area contributed by atoms with E-state index in [0.717, 1.165) is 38.5 Å². The SMILES string of the molecule is CCCCCCCCCCCCCCCCCCCCCCCCCCC(=O)N[C@@H](CO[C@@H]1O[C@H](CO)[C@H](O)C(O)C1O)[C@H](O)CCCCCCCCCCCC. The van der Waals surface area contributed by atoms with Crippen molar-refractivity contribution in [2.45, 2.75) is 288 Å². The highest BCUT2D eigenvalue weighted by atomic mass is 16.7. The number of ether oxygens (including phenoxy) is 2. The zero-order valence-electron chi connectivity index (χ0n) is 37.4. The molecule has 0 aromatic heterocycles. The second kappa shape index (κ2) is 39.3. The summed E-state index contributed by atoms with van der Waals surface area (Å²) >= 11 is 0. The predicted molar refractivity (Wildman–Crippen MR) is 235 cm³/mol. The van der Waals surface area contributed by atoms with Crippen LogP contribution in [0.25, 0.3) is 0 Å². The minimum atomic E-state index is -1.55. The average Bonchev–Trinajstić information content (AvgIpc) is 3.21. The zero-order valence-corrected chi connectivity index (χ0v) is 37.4. The maximum atomic E-state index is 13.0. The van der Waals surface area contributed by atoms with Crippen LogP contribution in [-0.2, 0) is 14.3 Å². The van der Waals surface area contributed by atoms with E-state index in [1.165, 1.54) is 180 Å². The largest absolute Gasteiger partial charge is 0.394 e. The molecule has 0 spiro atoms. The zero-order chi connectivity index (χ0) is 41.6. The van der Waals surface area contributed by atoms with Crippen LogP contribution in [0.4, 0.5) is 0 Å². The molecule has 1 amide bonds. The molecule has 7 atom stereocenters. The fraction of sp³-hybridized carbons (Fsp3) is 0.979. The van der Waals surface area contributed by atoms with Crippen molar-refractivity contribution in [1.29, 1.82) is 0 Å². The number of hydrogen-bond donors (Lipinski definition) is 6. The van der Waals surface area contributed by atoms with Crippen LogP contribution in [0, 0.1) is 0 Å². The number of unbranched alkanes of at least 4 members (excludes halogenated alkanes) is 32. The third-order valence-corrected chi connectivity index (χ3v) is 12.2. The molecule has 9 nitrogen and oxygen atoms in total. The Hall–Kier alpha value is -0.810. The van der Waals surface area contributed by atoms with Gasteiger partial charge in [0, 0.05) is 6.42 Å². The Morgan fingerprint density at radius 2 is 0.877 bits per heavy atom. The summed E-state index contributed by atoms with van der Waals surface area (Å²) in [6.45, 7) is 3.84. The topological polar surface area (TPSA) is 149 Å². The molecule has 0 aromatic rings. The Kier molecular flexibility index (Phi) is 37.4. The van der Waals surface area contributed by atoms with E-state index in [9.17, 15) is 30.3 Å². The van der Waals surface area contributed by atoms with E-state index in [1.807, 2.05) is 0 Å². The van der Waals surface area contributed by atoms with Gasteiger partial charge in [-0.15, -0.1) is 0 Å². The van der Waals surface area contributed by atoms with Crippen LogP contribution in [0.2, 0.25) is 0 Å². The lowest BCUT2D eigenvalue weighted by Crippen LogP contribution is -2.60. The Bertz CT molecular complexity index is 862. The van der Waals surface area contributed by atoms with Gasteiger partial charge in [-0.1, -0.05) is 226 Å². The van der Waals surface area contributed by atoms with Gasteiger partial charge in [-0.2, -0.15) is 0 Å². The molecule has 57 heavy (non-hydrogen) atoms. The van der Waals surface area contributed by atoms with Crippen molar-refractivity contribution in [3.05, 3.63) is 0 Å². The summed E-state index contributed by atoms with van der Waals surface area (Å²) in [5.41, 5.74) is 0. The smallest absolute Gasteiger partial charge is 0.220 e. The Balaban J connectivity index is 2.18. The lowest BCUT2D eigenvalue weighted by atomic mass is 9.99. The first-order valence-electron chi connectivity index (χ1n) is 24.7. The summed E-state index contributed by atoms with van der Waals surface area (Å²) in [6.07, 6.45) is 37.0. The number of carbonyl (C=O) groups excluding carboxylic acids is 1. The first-order valence-corrected chi connectivity index (χ1v) is 24.7. The van der Waals surface area contributed by atoms with Gasteiger partial charge in [0.15, 0.2) is 6.29 Å². The summed E-state index contributed by atoms with van der Waals surface area (Å²) in [4.78, 5) is 13.0. The molecule has 0 bridgehead atoms. The highest BCUT2D eigenvalue weighted by molar-refractivity contribution is 5.76. The standard InChI is InChI=1S/C48H95NO8/c1-3-5-7-9-11-13-15-16-17-18-19-20-21-22-23-24-25-26-27-28-30-32-34-36-38-44(52)49-41(40-56-48-47(55)46(54)45(53)43(39-50)57-48)42(51)37-35-33-31-29-14-12-10-8-6-4-2/h41-43,45-48,50-51,53-55H,3-40H2,1-2H3,(H,49,52)/t41-,42+,43+,45-,46?,47?,48+/m0/s1. The second-order valence-electron chi connectivity index (χ2n) is 17.6. The van der Waals surface area contributed by atoms with E-state index in [0.29, 0.717) is 12.8 Å². The van der Waals surface area contributed by atoms with Crippen molar-refractivity contribution in [3.63, 3.8) is 0 Å². The third-order valence-electron chi connectivity index (χ3n) is 12.2. The van der Waals surface area contributed by atoms with Crippen LogP contribution < -0.4 is 5.32 Å². The van der Waals surface area contributed by atoms with Gasteiger partial charge in [-0.3, -0.25) is 4.79 Å². The van der Waals surface area contributed by atoms with Gasteiger partial charge in [0.2, 0.25) is 5.91 Å². The molecule has 1 rings (SSSR count). The van der Waals surface area contributed by atoms with Crippen LogP contribution in [0.5, 0.6) is 0 Å². The first kappa shape index (κ1) is 54.2. The average molecular weight is 814 g/mol. The Labute approximate surface area is 351 Å². The van der Waals surface area contributed by atoms with Crippen molar-refractivity contribution in [2.75, 3.05) is 13.2 Å². The maximum Gasteiger partial charge on any atom is 0.220 e. The lowest BCUT2D eigenvalue weighted by Gasteiger charge is -2.40. The first-order chi connectivity index (χ1) is 27.8.